The molecule has 0 saturated carbocycles. The summed E-state index contributed by atoms with van der Waals surface area (Å²) >= 11 is 0. The number of hydrogen-bond donors (Lipinski definition) is 1. The van der Waals surface area contributed by atoms with Crippen molar-refractivity contribution in [3.05, 3.63) is 29.6 Å². The molecule has 1 aliphatic heterocycles. The molecule has 2 unspecified atom stereocenters. The first-order valence-electron chi connectivity index (χ1n) is 6.39. The van der Waals surface area contributed by atoms with Crippen LogP contribution in [-0.4, -0.2) is 43.1 Å². The van der Waals surface area contributed by atoms with Crippen molar-refractivity contribution in [1.29, 1.82) is 0 Å². The summed E-state index contributed by atoms with van der Waals surface area (Å²) < 4.78 is 45.3. The first-order valence-corrected chi connectivity index (χ1v) is 7.83. The summed E-state index contributed by atoms with van der Waals surface area (Å²) in [5, 5.41) is 9.24. The van der Waals surface area contributed by atoms with E-state index in [1.54, 1.807) is 13.8 Å². The summed E-state index contributed by atoms with van der Waals surface area (Å²) in [6.07, 6.45) is -0.445. The van der Waals surface area contributed by atoms with Gasteiger partial charge in [0.1, 0.15) is 5.82 Å². The van der Waals surface area contributed by atoms with E-state index in [0.29, 0.717) is 0 Å². The molecular weight excluding hydrogens is 285 g/mol. The van der Waals surface area contributed by atoms with Crippen molar-refractivity contribution < 1.29 is 22.7 Å². The van der Waals surface area contributed by atoms with Gasteiger partial charge in [-0.05, 0) is 31.5 Å². The molecule has 5 nitrogen and oxygen atoms in total. The molecule has 0 amide bonds. The summed E-state index contributed by atoms with van der Waals surface area (Å²) in [5.74, 6) is -0.643. The molecule has 1 aromatic rings. The minimum atomic E-state index is -3.84. The first-order chi connectivity index (χ1) is 9.34. The SMILES string of the molecule is CC1CN(S(=O)(=O)c2cc(F)ccc2CO)CC(C)O1. The average Bonchev–Trinajstić information content (AvgIpc) is 2.37. The number of sulfonamides is 1. The standard InChI is InChI=1S/C13H18FNO4S/c1-9-6-15(7-10(2)19-9)20(17,18)13-5-12(14)4-3-11(13)8-16/h3-5,9-10,16H,6-8H2,1-2H3. The van der Waals surface area contributed by atoms with Gasteiger partial charge in [-0.2, -0.15) is 4.31 Å². The fraction of sp³-hybridized carbons (Fsp3) is 0.538. The van der Waals surface area contributed by atoms with Crippen LogP contribution >= 0.6 is 0 Å². The summed E-state index contributed by atoms with van der Waals surface area (Å²) in [7, 11) is -3.84. The van der Waals surface area contributed by atoms with Gasteiger partial charge >= 0.3 is 0 Å². The summed E-state index contributed by atoms with van der Waals surface area (Å²) in [4.78, 5) is -0.179. The maximum atomic E-state index is 13.3. The Labute approximate surface area is 118 Å². The first kappa shape index (κ1) is 15.4. The Morgan fingerprint density at radius 3 is 2.50 bits per heavy atom. The zero-order chi connectivity index (χ0) is 14.9. The average molecular weight is 303 g/mol. The Morgan fingerprint density at radius 1 is 1.35 bits per heavy atom. The number of nitrogens with zero attached hydrogens (tertiary/aromatic N) is 1. The smallest absolute Gasteiger partial charge is 0.243 e. The van der Waals surface area contributed by atoms with Crippen LogP contribution in [0.4, 0.5) is 4.39 Å². The highest BCUT2D eigenvalue weighted by Gasteiger charge is 2.33. The van der Waals surface area contributed by atoms with Crippen LogP contribution in [0.15, 0.2) is 23.1 Å². The van der Waals surface area contributed by atoms with Gasteiger partial charge in [0.05, 0.1) is 23.7 Å². The van der Waals surface area contributed by atoms with Gasteiger partial charge in [0, 0.05) is 13.1 Å². The minimum absolute atomic E-state index is 0.179. The molecule has 7 heteroatoms. The second-order valence-corrected chi connectivity index (χ2v) is 6.90. The maximum absolute atomic E-state index is 13.3. The summed E-state index contributed by atoms with van der Waals surface area (Å²) in [6, 6.07) is 3.37. The molecule has 1 N–H and O–H groups in total. The van der Waals surface area contributed by atoms with Crippen molar-refractivity contribution in [2.24, 2.45) is 0 Å². The molecule has 0 aliphatic carbocycles. The van der Waals surface area contributed by atoms with E-state index in [4.69, 9.17) is 4.74 Å². The van der Waals surface area contributed by atoms with E-state index < -0.39 is 22.4 Å². The van der Waals surface area contributed by atoms with Gasteiger partial charge in [0.2, 0.25) is 10.0 Å². The van der Waals surface area contributed by atoms with Gasteiger partial charge in [-0.1, -0.05) is 6.07 Å². The van der Waals surface area contributed by atoms with E-state index in [1.807, 2.05) is 0 Å². The lowest BCUT2D eigenvalue weighted by Crippen LogP contribution is -2.48. The Morgan fingerprint density at radius 2 is 1.95 bits per heavy atom. The molecule has 1 aliphatic rings. The fourth-order valence-corrected chi connectivity index (χ4v) is 4.18. The Balaban J connectivity index is 2.42. The van der Waals surface area contributed by atoms with E-state index in [2.05, 4.69) is 0 Å². The monoisotopic (exact) mass is 303 g/mol. The van der Waals surface area contributed by atoms with Crippen LogP contribution in [0, 0.1) is 5.82 Å². The number of halogens is 1. The van der Waals surface area contributed by atoms with Crippen LogP contribution in [0.2, 0.25) is 0 Å². The number of hydrogen-bond acceptors (Lipinski definition) is 4. The fourth-order valence-electron chi connectivity index (χ4n) is 2.37. The zero-order valence-electron chi connectivity index (χ0n) is 11.4. The number of benzene rings is 1. The van der Waals surface area contributed by atoms with E-state index >= 15 is 0 Å². The predicted octanol–water partition coefficient (Wildman–Crippen LogP) is 1.12. The quantitative estimate of drug-likeness (QED) is 0.908. The molecule has 0 aromatic heterocycles. The highest BCUT2D eigenvalue weighted by molar-refractivity contribution is 7.89. The molecule has 1 heterocycles. The van der Waals surface area contributed by atoms with E-state index in [0.717, 1.165) is 12.1 Å². The predicted molar refractivity (Wildman–Crippen MR) is 71.1 cm³/mol. The van der Waals surface area contributed by atoms with Crippen LogP contribution < -0.4 is 0 Å². The third-order valence-corrected chi connectivity index (χ3v) is 5.12. The molecule has 0 spiro atoms. The molecule has 1 saturated heterocycles. The third-order valence-electron chi connectivity index (χ3n) is 3.20. The highest BCUT2D eigenvalue weighted by atomic mass is 32.2. The van der Waals surface area contributed by atoms with E-state index in [1.165, 1.54) is 10.4 Å². The Kier molecular flexibility index (Phi) is 4.43. The number of aliphatic hydroxyl groups excluding tert-OH is 1. The van der Waals surface area contributed by atoms with Gasteiger partial charge in [-0.25, -0.2) is 12.8 Å². The van der Waals surface area contributed by atoms with Crippen molar-refractivity contribution in [2.45, 2.75) is 37.6 Å². The van der Waals surface area contributed by atoms with Crippen LogP contribution in [0.3, 0.4) is 0 Å². The molecule has 0 radical (unpaired) electrons. The van der Waals surface area contributed by atoms with Crippen LogP contribution in [-0.2, 0) is 21.4 Å². The third kappa shape index (κ3) is 3.01. The molecular formula is C13H18FNO4S. The maximum Gasteiger partial charge on any atom is 0.243 e. The van der Waals surface area contributed by atoms with Gasteiger partial charge in [-0.15, -0.1) is 0 Å². The lowest BCUT2D eigenvalue weighted by molar-refractivity contribution is -0.0441. The number of rotatable bonds is 3. The van der Waals surface area contributed by atoms with Gasteiger partial charge in [0.25, 0.3) is 0 Å². The van der Waals surface area contributed by atoms with Crippen molar-refractivity contribution in [1.82, 2.24) is 4.31 Å². The molecule has 2 rings (SSSR count). The Hall–Kier alpha value is -1.02. The van der Waals surface area contributed by atoms with Gasteiger partial charge in [-0.3, -0.25) is 0 Å². The molecule has 1 aromatic carbocycles. The topological polar surface area (TPSA) is 66.8 Å². The number of aliphatic hydroxyl groups is 1. The highest BCUT2D eigenvalue weighted by Crippen LogP contribution is 2.24. The second-order valence-electron chi connectivity index (χ2n) is 4.99. The number of ether oxygens (including phenoxy) is 1. The molecule has 1 fully saturated rings. The van der Waals surface area contributed by atoms with Gasteiger partial charge < -0.3 is 9.84 Å². The molecule has 2 atom stereocenters. The van der Waals surface area contributed by atoms with Crippen LogP contribution in [0.25, 0.3) is 0 Å². The molecule has 112 valence electrons. The van der Waals surface area contributed by atoms with Crippen molar-refractivity contribution in [3.8, 4) is 0 Å². The van der Waals surface area contributed by atoms with Gasteiger partial charge in [0.15, 0.2) is 0 Å². The lowest BCUT2D eigenvalue weighted by Gasteiger charge is -2.34. The normalized spacial score (nSPS) is 24.8. The second kappa shape index (κ2) is 5.77. The summed E-state index contributed by atoms with van der Waals surface area (Å²) in [6.45, 7) is 3.56. The largest absolute Gasteiger partial charge is 0.392 e. The molecule has 0 bridgehead atoms. The molecule has 20 heavy (non-hydrogen) atoms. The minimum Gasteiger partial charge on any atom is -0.392 e. The van der Waals surface area contributed by atoms with Crippen LogP contribution in [0.1, 0.15) is 19.4 Å². The Bertz CT molecular complexity index is 580. The van der Waals surface area contributed by atoms with Crippen molar-refractivity contribution in [3.63, 3.8) is 0 Å². The lowest BCUT2D eigenvalue weighted by atomic mass is 10.2. The van der Waals surface area contributed by atoms with Crippen LogP contribution in [0.5, 0.6) is 0 Å². The van der Waals surface area contributed by atoms with E-state index in [9.17, 15) is 17.9 Å². The van der Waals surface area contributed by atoms with Crippen molar-refractivity contribution >= 4 is 10.0 Å². The summed E-state index contributed by atoms with van der Waals surface area (Å²) in [5.41, 5.74) is 0.193. The van der Waals surface area contributed by atoms with Crippen molar-refractivity contribution in [2.75, 3.05) is 13.1 Å². The van der Waals surface area contributed by atoms with E-state index in [-0.39, 0.29) is 35.8 Å². The zero-order valence-corrected chi connectivity index (χ0v) is 12.2. The number of morpholine rings is 1.